The van der Waals surface area contributed by atoms with Gasteiger partial charge >= 0.3 is 6.03 Å². The molecule has 1 heterocycles. The molecule has 4 rings (SSSR count). The highest BCUT2D eigenvalue weighted by molar-refractivity contribution is 5.94. The van der Waals surface area contributed by atoms with Crippen molar-refractivity contribution in [3.8, 4) is 0 Å². The molecule has 2 fully saturated rings. The van der Waals surface area contributed by atoms with Gasteiger partial charge in [-0.05, 0) is 49.8 Å². The molecule has 1 atom stereocenters. The van der Waals surface area contributed by atoms with E-state index in [0.717, 1.165) is 44.3 Å². The Bertz CT molecular complexity index is 852. The van der Waals surface area contributed by atoms with Crippen LogP contribution in [0, 0.1) is 11.8 Å². The Morgan fingerprint density at radius 2 is 1.82 bits per heavy atom. The zero-order valence-electron chi connectivity index (χ0n) is 16.1. The zero-order chi connectivity index (χ0) is 19.5. The van der Waals surface area contributed by atoms with Gasteiger partial charge < -0.3 is 20.5 Å². The van der Waals surface area contributed by atoms with Crippen molar-refractivity contribution >= 4 is 23.3 Å². The number of aromatic nitrogens is 2. The topological polar surface area (TPSA) is 88.1 Å². The summed E-state index contributed by atoms with van der Waals surface area (Å²) in [4.78, 5) is 29.3. The number of hydrogen-bond acceptors (Lipinski definition) is 3. The minimum Gasteiger partial charge on any atom is -0.336 e. The highest BCUT2D eigenvalue weighted by Crippen LogP contribution is 2.40. The van der Waals surface area contributed by atoms with Crippen molar-refractivity contribution in [3.05, 3.63) is 42.5 Å². The normalized spacial score (nSPS) is 17.9. The fourth-order valence-corrected chi connectivity index (χ4v) is 3.92. The third-order valence-corrected chi connectivity index (χ3v) is 5.63. The van der Waals surface area contributed by atoms with E-state index in [0.29, 0.717) is 17.3 Å². The summed E-state index contributed by atoms with van der Waals surface area (Å²) in [5.41, 5.74) is 1.36. The van der Waals surface area contributed by atoms with Crippen molar-refractivity contribution in [1.29, 1.82) is 0 Å². The summed E-state index contributed by atoms with van der Waals surface area (Å²) in [6.45, 7) is 0. The second-order valence-electron chi connectivity index (χ2n) is 7.86. The third-order valence-electron chi connectivity index (χ3n) is 5.63. The number of urea groups is 1. The molecule has 0 unspecified atom stereocenters. The quantitative estimate of drug-likeness (QED) is 0.711. The first kappa shape index (κ1) is 18.5. The predicted molar refractivity (Wildman–Crippen MR) is 108 cm³/mol. The largest absolute Gasteiger partial charge is 0.336 e. The second kappa shape index (κ2) is 8.04. The molecule has 1 aromatic heterocycles. The Hall–Kier alpha value is -2.83. The molecule has 3 amide bonds. The van der Waals surface area contributed by atoms with Crippen molar-refractivity contribution in [2.75, 3.05) is 10.6 Å². The first-order valence-corrected chi connectivity index (χ1v) is 10.1. The smallest absolute Gasteiger partial charge is 0.319 e. The summed E-state index contributed by atoms with van der Waals surface area (Å²) >= 11 is 0. The van der Waals surface area contributed by atoms with Gasteiger partial charge in [0.2, 0.25) is 5.91 Å². The number of aryl methyl sites for hydroxylation is 1. The average molecular weight is 381 g/mol. The number of hydrogen-bond donors (Lipinski definition) is 3. The Labute approximate surface area is 164 Å². The van der Waals surface area contributed by atoms with Gasteiger partial charge in [-0.2, -0.15) is 0 Å². The molecule has 0 bridgehead atoms. The zero-order valence-corrected chi connectivity index (χ0v) is 16.1. The molecular weight excluding hydrogens is 354 g/mol. The lowest BCUT2D eigenvalue weighted by molar-refractivity contribution is -0.119. The highest BCUT2D eigenvalue weighted by Gasteiger charge is 2.35. The van der Waals surface area contributed by atoms with Gasteiger partial charge in [-0.25, -0.2) is 9.78 Å². The molecule has 0 radical (unpaired) electrons. The number of imidazole rings is 1. The standard InChI is InChI=1S/C21H27N5O2/c1-26-12-11-22-19(26)18(14-9-10-14)25-21(28)24-17-8-4-7-16(13-17)23-20(27)15-5-2-3-6-15/h4,7-8,11-15,18H,2-3,5-6,9-10H2,1H3,(H,23,27)(H2,24,25,28)/t18-/m1/s1. The molecule has 0 spiro atoms. The van der Waals surface area contributed by atoms with E-state index in [4.69, 9.17) is 0 Å². The Balaban J connectivity index is 1.37. The van der Waals surface area contributed by atoms with Crippen LogP contribution >= 0.6 is 0 Å². The molecule has 7 nitrogen and oxygen atoms in total. The van der Waals surface area contributed by atoms with Gasteiger partial charge in [0.05, 0.1) is 6.04 Å². The van der Waals surface area contributed by atoms with Gasteiger partial charge in [-0.15, -0.1) is 0 Å². The molecular formula is C21H27N5O2. The molecule has 148 valence electrons. The Morgan fingerprint density at radius 3 is 2.46 bits per heavy atom. The van der Waals surface area contributed by atoms with E-state index in [1.54, 1.807) is 12.3 Å². The molecule has 7 heteroatoms. The van der Waals surface area contributed by atoms with Crippen LogP contribution in [0.2, 0.25) is 0 Å². The van der Waals surface area contributed by atoms with Gasteiger partial charge in [-0.3, -0.25) is 4.79 Å². The van der Waals surface area contributed by atoms with Crippen molar-refractivity contribution in [2.45, 2.75) is 44.6 Å². The SMILES string of the molecule is Cn1ccnc1[C@H](NC(=O)Nc1cccc(NC(=O)C2CCCC2)c1)C1CC1. The number of nitrogens with zero attached hydrogens (tertiary/aromatic N) is 2. The lowest BCUT2D eigenvalue weighted by Gasteiger charge is -2.19. The van der Waals surface area contributed by atoms with Crippen LogP contribution in [0.1, 0.15) is 50.4 Å². The van der Waals surface area contributed by atoms with Crippen LogP contribution in [0.5, 0.6) is 0 Å². The average Bonchev–Trinajstić information content (AvgIpc) is 3.18. The molecule has 2 aliphatic rings. The van der Waals surface area contributed by atoms with Crippen LogP contribution in [0.15, 0.2) is 36.7 Å². The molecule has 28 heavy (non-hydrogen) atoms. The molecule has 2 saturated carbocycles. The number of carbonyl (C=O) groups is 2. The van der Waals surface area contributed by atoms with Gasteiger partial charge in [0.25, 0.3) is 0 Å². The van der Waals surface area contributed by atoms with Crippen LogP contribution in [0.4, 0.5) is 16.2 Å². The van der Waals surface area contributed by atoms with E-state index in [1.165, 1.54) is 0 Å². The van der Waals surface area contributed by atoms with Crippen molar-refractivity contribution in [2.24, 2.45) is 18.9 Å². The lowest BCUT2D eigenvalue weighted by atomic mass is 10.1. The summed E-state index contributed by atoms with van der Waals surface area (Å²) in [7, 11) is 1.94. The Kier molecular flexibility index (Phi) is 5.32. The van der Waals surface area contributed by atoms with E-state index in [1.807, 2.05) is 36.0 Å². The third kappa shape index (κ3) is 4.35. The molecule has 3 N–H and O–H groups in total. The van der Waals surface area contributed by atoms with Crippen molar-refractivity contribution in [3.63, 3.8) is 0 Å². The fourth-order valence-electron chi connectivity index (χ4n) is 3.92. The summed E-state index contributed by atoms with van der Waals surface area (Å²) in [5.74, 6) is 1.48. The van der Waals surface area contributed by atoms with E-state index in [9.17, 15) is 9.59 Å². The Morgan fingerprint density at radius 1 is 1.11 bits per heavy atom. The number of amides is 3. The first-order chi connectivity index (χ1) is 13.6. The second-order valence-corrected chi connectivity index (χ2v) is 7.86. The number of nitrogens with one attached hydrogen (secondary N) is 3. The van der Waals surface area contributed by atoms with Crippen LogP contribution in [0.3, 0.4) is 0 Å². The summed E-state index contributed by atoms with van der Waals surface area (Å²) < 4.78 is 1.95. The summed E-state index contributed by atoms with van der Waals surface area (Å²) in [6, 6.07) is 6.93. The predicted octanol–water partition coefficient (Wildman–Crippen LogP) is 3.82. The number of benzene rings is 1. The van der Waals surface area contributed by atoms with Gasteiger partial charge in [0.1, 0.15) is 5.82 Å². The first-order valence-electron chi connectivity index (χ1n) is 10.1. The van der Waals surface area contributed by atoms with Gasteiger partial charge in [0.15, 0.2) is 0 Å². The van der Waals surface area contributed by atoms with E-state index in [-0.39, 0.29) is 23.9 Å². The lowest BCUT2D eigenvalue weighted by Crippen LogP contribution is -2.35. The highest BCUT2D eigenvalue weighted by atomic mass is 16.2. The van der Waals surface area contributed by atoms with Gasteiger partial charge in [-0.1, -0.05) is 18.9 Å². The maximum Gasteiger partial charge on any atom is 0.319 e. The molecule has 0 aliphatic heterocycles. The van der Waals surface area contributed by atoms with Crippen LogP contribution in [-0.4, -0.2) is 21.5 Å². The van der Waals surface area contributed by atoms with Crippen LogP contribution < -0.4 is 16.0 Å². The van der Waals surface area contributed by atoms with E-state index >= 15 is 0 Å². The fraction of sp³-hybridized carbons (Fsp3) is 0.476. The van der Waals surface area contributed by atoms with E-state index in [2.05, 4.69) is 20.9 Å². The maximum atomic E-state index is 12.6. The maximum absolute atomic E-state index is 12.6. The number of anilines is 2. The molecule has 0 saturated heterocycles. The molecule has 2 aromatic rings. The number of carbonyl (C=O) groups excluding carboxylic acids is 2. The van der Waals surface area contributed by atoms with Crippen LogP contribution in [-0.2, 0) is 11.8 Å². The minimum absolute atomic E-state index is 0.0719. The van der Waals surface area contributed by atoms with Crippen LogP contribution in [0.25, 0.3) is 0 Å². The monoisotopic (exact) mass is 381 g/mol. The minimum atomic E-state index is -0.265. The van der Waals surface area contributed by atoms with E-state index < -0.39 is 0 Å². The summed E-state index contributed by atoms with van der Waals surface area (Å²) in [6.07, 6.45) is 10.0. The van der Waals surface area contributed by atoms with Gasteiger partial charge in [0, 0.05) is 36.7 Å². The summed E-state index contributed by atoms with van der Waals surface area (Å²) in [5, 5.41) is 8.91. The van der Waals surface area contributed by atoms with Crippen molar-refractivity contribution < 1.29 is 9.59 Å². The van der Waals surface area contributed by atoms with Crippen molar-refractivity contribution in [1.82, 2.24) is 14.9 Å². The number of rotatable bonds is 6. The molecule has 2 aliphatic carbocycles. The molecule has 1 aromatic carbocycles.